The fourth-order valence-corrected chi connectivity index (χ4v) is 2.60. The summed E-state index contributed by atoms with van der Waals surface area (Å²) in [4.78, 5) is 2.31. The molecule has 88 valence electrons. The van der Waals surface area contributed by atoms with Crippen LogP contribution in [0, 0.1) is 6.92 Å². The van der Waals surface area contributed by atoms with Gasteiger partial charge in [-0.3, -0.25) is 0 Å². The lowest BCUT2D eigenvalue weighted by Gasteiger charge is -2.36. The summed E-state index contributed by atoms with van der Waals surface area (Å²) in [7, 11) is 3.85. The lowest BCUT2D eigenvalue weighted by atomic mass is 9.93. The van der Waals surface area contributed by atoms with Crippen molar-refractivity contribution in [3.63, 3.8) is 0 Å². The van der Waals surface area contributed by atoms with Crippen LogP contribution in [0.25, 0.3) is 0 Å². The van der Waals surface area contributed by atoms with Gasteiger partial charge >= 0.3 is 0 Å². The monoisotopic (exact) mass is 220 g/mol. The number of likely N-dealkylation sites (N-methyl/N-ethyl adjacent to an activating group) is 1. The highest BCUT2D eigenvalue weighted by Gasteiger charge is 2.24. The van der Waals surface area contributed by atoms with Gasteiger partial charge in [0.2, 0.25) is 0 Å². The summed E-state index contributed by atoms with van der Waals surface area (Å²) in [6, 6.07) is 4.71. The van der Waals surface area contributed by atoms with Gasteiger partial charge in [0.1, 0.15) is 5.75 Å². The topological polar surface area (TPSA) is 38.5 Å². The molecule has 0 aliphatic carbocycles. The molecule has 1 atom stereocenters. The average molecular weight is 220 g/mol. The van der Waals surface area contributed by atoms with E-state index >= 15 is 0 Å². The number of methoxy groups -OCH3 is 1. The number of fused-ring (bicyclic) bond motifs is 1. The highest BCUT2D eigenvalue weighted by molar-refractivity contribution is 5.63. The number of aryl methyl sites for hydroxylation is 2. The SMILES string of the molecule is COc1cc(C)c2c(c1)CCC(CN)N2C. The van der Waals surface area contributed by atoms with Gasteiger partial charge in [-0.1, -0.05) is 0 Å². The second kappa shape index (κ2) is 4.34. The van der Waals surface area contributed by atoms with Crippen molar-refractivity contribution in [2.24, 2.45) is 5.73 Å². The highest BCUT2D eigenvalue weighted by atomic mass is 16.5. The normalized spacial score (nSPS) is 19.5. The Labute approximate surface area is 97.2 Å². The van der Waals surface area contributed by atoms with Gasteiger partial charge in [0.15, 0.2) is 0 Å². The zero-order valence-electron chi connectivity index (χ0n) is 10.3. The maximum Gasteiger partial charge on any atom is 0.119 e. The third-order valence-corrected chi connectivity index (χ3v) is 3.51. The van der Waals surface area contributed by atoms with E-state index in [9.17, 15) is 0 Å². The molecule has 0 saturated heterocycles. The van der Waals surface area contributed by atoms with Crippen molar-refractivity contribution in [3.05, 3.63) is 23.3 Å². The van der Waals surface area contributed by atoms with Crippen LogP contribution >= 0.6 is 0 Å². The van der Waals surface area contributed by atoms with Gasteiger partial charge in [-0.2, -0.15) is 0 Å². The van der Waals surface area contributed by atoms with Crippen molar-refractivity contribution < 1.29 is 4.74 Å². The van der Waals surface area contributed by atoms with Gasteiger partial charge in [-0.15, -0.1) is 0 Å². The van der Waals surface area contributed by atoms with Crippen LogP contribution in [0.1, 0.15) is 17.5 Å². The van der Waals surface area contributed by atoms with Crippen molar-refractivity contribution in [1.29, 1.82) is 0 Å². The minimum atomic E-state index is 0.472. The molecule has 16 heavy (non-hydrogen) atoms. The predicted octanol–water partition coefficient (Wildman–Crippen LogP) is 1.71. The molecule has 0 fully saturated rings. The fraction of sp³-hybridized carbons (Fsp3) is 0.538. The first kappa shape index (κ1) is 11.3. The van der Waals surface area contributed by atoms with Crippen LogP contribution in [0.4, 0.5) is 5.69 Å². The number of hydrogen-bond acceptors (Lipinski definition) is 3. The molecule has 0 radical (unpaired) electrons. The Morgan fingerprint density at radius 1 is 1.50 bits per heavy atom. The van der Waals surface area contributed by atoms with Crippen molar-refractivity contribution in [1.82, 2.24) is 0 Å². The molecule has 0 aromatic heterocycles. The molecule has 2 N–H and O–H groups in total. The Bertz CT molecular complexity index is 390. The molecule has 1 aliphatic heterocycles. The van der Waals surface area contributed by atoms with Gasteiger partial charge in [0.05, 0.1) is 7.11 Å². The van der Waals surface area contributed by atoms with E-state index in [1.165, 1.54) is 16.8 Å². The molecule has 1 heterocycles. The maximum atomic E-state index is 5.79. The lowest BCUT2D eigenvalue weighted by Crippen LogP contribution is -2.41. The van der Waals surface area contributed by atoms with Crippen LogP contribution in [0.5, 0.6) is 5.75 Å². The first-order valence-corrected chi connectivity index (χ1v) is 5.77. The maximum absolute atomic E-state index is 5.79. The third-order valence-electron chi connectivity index (χ3n) is 3.51. The number of benzene rings is 1. The van der Waals surface area contributed by atoms with Crippen molar-refractivity contribution in [2.75, 3.05) is 25.6 Å². The van der Waals surface area contributed by atoms with E-state index in [1.54, 1.807) is 7.11 Å². The minimum absolute atomic E-state index is 0.472. The van der Waals surface area contributed by atoms with Crippen molar-refractivity contribution >= 4 is 5.69 Å². The molecule has 0 saturated carbocycles. The van der Waals surface area contributed by atoms with Crippen LogP contribution < -0.4 is 15.4 Å². The van der Waals surface area contributed by atoms with E-state index in [1.807, 2.05) is 0 Å². The standard InChI is InChI=1S/C13H20N2O/c1-9-6-12(16-3)7-10-4-5-11(8-14)15(2)13(9)10/h6-7,11H,4-5,8,14H2,1-3H3. The molecule has 1 unspecified atom stereocenters. The molecule has 0 amide bonds. The van der Waals surface area contributed by atoms with E-state index in [2.05, 4.69) is 31.0 Å². The summed E-state index contributed by atoms with van der Waals surface area (Å²) in [6.45, 7) is 2.86. The largest absolute Gasteiger partial charge is 0.497 e. The summed E-state index contributed by atoms with van der Waals surface area (Å²) in [6.07, 6.45) is 2.23. The smallest absolute Gasteiger partial charge is 0.119 e. The van der Waals surface area contributed by atoms with E-state index in [0.717, 1.165) is 25.1 Å². The first-order chi connectivity index (χ1) is 7.67. The van der Waals surface area contributed by atoms with Crippen LogP contribution in [-0.4, -0.2) is 26.7 Å². The van der Waals surface area contributed by atoms with Gasteiger partial charge in [-0.25, -0.2) is 0 Å². The molecule has 3 nitrogen and oxygen atoms in total. The molecular formula is C13H20N2O. The summed E-state index contributed by atoms with van der Waals surface area (Å²) in [5.74, 6) is 0.954. The second-order valence-electron chi connectivity index (χ2n) is 4.49. The summed E-state index contributed by atoms with van der Waals surface area (Å²) < 4.78 is 5.31. The molecule has 1 aromatic carbocycles. The number of nitrogens with zero attached hydrogens (tertiary/aromatic N) is 1. The number of ether oxygens (including phenoxy) is 1. The third kappa shape index (κ3) is 1.76. The Morgan fingerprint density at radius 2 is 2.25 bits per heavy atom. The van der Waals surface area contributed by atoms with Crippen molar-refractivity contribution in [3.8, 4) is 5.75 Å². The number of anilines is 1. The molecule has 1 aliphatic rings. The average Bonchev–Trinajstić information content (AvgIpc) is 2.28. The van der Waals surface area contributed by atoms with Gasteiger partial charge < -0.3 is 15.4 Å². The van der Waals surface area contributed by atoms with Crippen LogP contribution in [0.15, 0.2) is 12.1 Å². The van der Waals surface area contributed by atoms with Gasteiger partial charge in [-0.05, 0) is 43.0 Å². The Balaban J connectivity index is 2.44. The zero-order chi connectivity index (χ0) is 11.7. The molecule has 0 bridgehead atoms. The van der Waals surface area contributed by atoms with Crippen LogP contribution in [0.3, 0.4) is 0 Å². The minimum Gasteiger partial charge on any atom is -0.497 e. The summed E-state index contributed by atoms with van der Waals surface area (Å²) in [5.41, 5.74) is 9.78. The molecular weight excluding hydrogens is 200 g/mol. The summed E-state index contributed by atoms with van der Waals surface area (Å²) in [5, 5.41) is 0. The molecule has 1 aromatic rings. The van der Waals surface area contributed by atoms with Gasteiger partial charge in [0, 0.05) is 25.3 Å². The number of hydrogen-bond donors (Lipinski definition) is 1. The number of rotatable bonds is 2. The van der Waals surface area contributed by atoms with E-state index in [4.69, 9.17) is 10.5 Å². The first-order valence-electron chi connectivity index (χ1n) is 5.77. The highest BCUT2D eigenvalue weighted by Crippen LogP contribution is 2.35. The van der Waals surface area contributed by atoms with Crippen LogP contribution in [0.2, 0.25) is 0 Å². The fourth-order valence-electron chi connectivity index (χ4n) is 2.60. The second-order valence-corrected chi connectivity index (χ2v) is 4.49. The lowest BCUT2D eigenvalue weighted by molar-refractivity contribution is 0.413. The molecule has 3 heteroatoms. The van der Waals surface area contributed by atoms with Gasteiger partial charge in [0.25, 0.3) is 0 Å². The Hall–Kier alpha value is -1.22. The van der Waals surface area contributed by atoms with E-state index in [0.29, 0.717) is 6.04 Å². The Morgan fingerprint density at radius 3 is 2.88 bits per heavy atom. The van der Waals surface area contributed by atoms with Crippen LogP contribution in [-0.2, 0) is 6.42 Å². The van der Waals surface area contributed by atoms with E-state index < -0.39 is 0 Å². The predicted molar refractivity (Wildman–Crippen MR) is 67.3 cm³/mol. The number of nitrogens with two attached hydrogens (primary N) is 1. The quantitative estimate of drug-likeness (QED) is 0.824. The Kier molecular flexibility index (Phi) is 3.06. The van der Waals surface area contributed by atoms with E-state index in [-0.39, 0.29) is 0 Å². The molecule has 2 rings (SSSR count). The van der Waals surface area contributed by atoms with Crippen molar-refractivity contribution in [2.45, 2.75) is 25.8 Å². The summed E-state index contributed by atoms with van der Waals surface area (Å²) >= 11 is 0. The molecule has 0 spiro atoms. The zero-order valence-corrected chi connectivity index (χ0v) is 10.3.